The lowest BCUT2D eigenvalue weighted by molar-refractivity contribution is 0.0778. The number of hydrogen-bond donors (Lipinski definition) is 0. The maximum atomic E-state index is 12.1. The molecule has 2 rings (SSSR count). The highest BCUT2D eigenvalue weighted by Gasteiger charge is 2.30. The normalized spacial score (nSPS) is 24.8. The molecule has 0 spiro atoms. The summed E-state index contributed by atoms with van der Waals surface area (Å²) < 4.78 is 0. The van der Waals surface area contributed by atoms with Gasteiger partial charge in [0.25, 0.3) is 5.91 Å². The van der Waals surface area contributed by atoms with Gasteiger partial charge in [0.05, 0.1) is 12.4 Å². The Morgan fingerprint density at radius 3 is 2.56 bits per heavy atom. The van der Waals surface area contributed by atoms with Crippen molar-refractivity contribution < 1.29 is 4.79 Å². The smallest absolute Gasteiger partial charge is 0.274 e. The second-order valence-corrected chi connectivity index (χ2v) is 4.78. The summed E-state index contributed by atoms with van der Waals surface area (Å²) in [5.41, 5.74) is 0.328. The highest BCUT2D eigenvalue weighted by Crippen LogP contribution is 2.23. The molecular weight excluding hydrogens is 226 g/mol. The molecule has 4 nitrogen and oxygen atoms in total. The standard InChI is InChI=1S/C11H14ClN3O/c1-7-5-15(6-8(7)2)11(16)9-3-13-4-10(12)14-9/h3-4,7-8H,5-6H2,1-2H3. The number of nitrogens with zero attached hydrogens (tertiary/aromatic N) is 3. The zero-order valence-electron chi connectivity index (χ0n) is 9.35. The summed E-state index contributed by atoms with van der Waals surface area (Å²) >= 11 is 5.71. The van der Waals surface area contributed by atoms with Crippen molar-refractivity contribution in [3.05, 3.63) is 23.2 Å². The molecular formula is C11H14ClN3O. The molecule has 1 aromatic rings. The summed E-state index contributed by atoms with van der Waals surface area (Å²) in [7, 11) is 0. The van der Waals surface area contributed by atoms with Gasteiger partial charge in [-0.3, -0.25) is 9.78 Å². The summed E-state index contributed by atoms with van der Waals surface area (Å²) in [5, 5.41) is 0.256. The van der Waals surface area contributed by atoms with Gasteiger partial charge in [-0.05, 0) is 11.8 Å². The molecule has 0 bridgehead atoms. The van der Waals surface area contributed by atoms with E-state index in [-0.39, 0.29) is 11.1 Å². The van der Waals surface area contributed by atoms with Gasteiger partial charge in [-0.15, -0.1) is 0 Å². The number of carbonyl (C=O) groups is 1. The summed E-state index contributed by atoms with van der Waals surface area (Å²) in [5.74, 6) is 0.999. The van der Waals surface area contributed by atoms with E-state index in [0.717, 1.165) is 13.1 Å². The number of amides is 1. The average molecular weight is 240 g/mol. The van der Waals surface area contributed by atoms with Crippen LogP contribution in [0.15, 0.2) is 12.4 Å². The van der Waals surface area contributed by atoms with Crippen molar-refractivity contribution in [2.45, 2.75) is 13.8 Å². The third-order valence-electron chi connectivity index (χ3n) is 3.10. The van der Waals surface area contributed by atoms with Crippen LogP contribution >= 0.6 is 11.6 Å². The molecule has 1 aliphatic heterocycles. The maximum Gasteiger partial charge on any atom is 0.274 e. The average Bonchev–Trinajstić information content (AvgIpc) is 2.58. The minimum Gasteiger partial charge on any atom is -0.337 e. The van der Waals surface area contributed by atoms with Crippen LogP contribution in [-0.4, -0.2) is 33.9 Å². The molecule has 0 N–H and O–H groups in total. The zero-order chi connectivity index (χ0) is 11.7. The number of likely N-dealkylation sites (tertiary alicyclic amines) is 1. The van der Waals surface area contributed by atoms with Gasteiger partial charge in [-0.25, -0.2) is 4.98 Å². The largest absolute Gasteiger partial charge is 0.337 e. The molecule has 1 amide bonds. The van der Waals surface area contributed by atoms with Crippen molar-refractivity contribution in [3.8, 4) is 0 Å². The van der Waals surface area contributed by atoms with E-state index in [4.69, 9.17) is 11.6 Å². The Hall–Kier alpha value is -1.16. The van der Waals surface area contributed by atoms with Crippen molar-refractivity contribution in [3.63, 3.8) is 0 Å². The fraction of sp³-hybridized carbons (Fsp3) is 0.545. The number of rotatable bonds is 1. The van der Waals surface area contributed by atoms with Crippen LogP contribution in [0.4, 0.5) is 0 Å². The summed E-state index contributed by atoms with van der Waals surface area (Å²) in [6, 6.07) is 0. The Morgan fingerprint density at radius 1 is 1.38 bits per heavy atom. The predicted molar refractivity (Wildman–Crippen MR) is 61.3 cm³/mol. The second-order valence-electron chi connectivity index (χ2n) is 4.39. The number of halogens is 1. The molecule has 1 aromatic heterocycles. The minimum atomic E-state index is -0.0776. The Labute approximate surface area is 99.6 Å². The number of aromatic nitrogens is 2. The minimum absolute atomic E-state index is 0.0776. The number of hydrogen-bond acceptors (Lipinski definition) is 3. The van der Waals surface area contributed by atoms with Gasteiger partial charge in [0.2, 0.25) is 0 Å². The molecule has 16 heavy (non-hydrogen) atoms. The maximum absolute atomic E-state index is 12.1. The molecule has 2 atom stereocenters. The topological polar surface area (TPSA) is 46.1 Å². The molecule has 0 radical (unpaired) electrons. The lowest BCUT2D eigenvalue weighted by Crippen LogP contribution is -2.29. The highest BCUT2D eigenvalue weighted by atomic mass is 35.5. The van der Waals surface area contributed by atoms with E-state index in [1.54, 1.807) is 0 Å². The van der Waals surface area contributed by atoms with E-state index in [9.17, 15) is 4.79 Å². The quantitative estimate of drug-likeness (QED) is 0.752. The van der Waals surface area contributed by atoms with Gasteiger partial charge in [0, 0.05) is 13.1 Å². The molecule has 0 aromatic carbocycles. The first-order valence-electron chi connectivity index (χ1n) is 5.34. The Kier molecular flexibility index (Phi) is 3.10. The first-order chi connectivity index (χ1) is 7.58. The summed E-state index contributed by atoms with van der Waals surface area (Å²) in [6.07, 6.45) is 2.88. The molecule has 2 unspecified atom stereocenters. The first kappa shape index (κ1) is 11.3. The Bertz CT molecular complexity index is 400. The van der Waals surface area contributed by atoms with Gasteiger partial charge in [0.1, 0.15) is 10.8 Å². The summed E-state index contributed by atoms with van der Waals surface area (Å²) in [4.78, 5) is 21.7. The molecule has 2 heterocycles. The second kappa shape index (κ2) is 4.37. The molecule has 0 saturated carbocycles. The van der Waals surface area contributed by atoms with Crippen LogP contribution in [0.1, 0.15) is 24.3 Å². The van der Waals surface area contributed by atoms with E-state index >= 15 is 0 Å². The van der Waals surface area contributed by atoms with E-state index in [1.165, 1.54) is 12.4 Å². The van der Waals surface area contributed by atoms with Gasteiger partial charge < -0.3 is 4.90 Å². The lowest BCUT2D eigenvalue weighted by atomic mass is 10.0. The van der Waals surface area contributed by atoms with Crippen molar-refractivity contribution in [2.24, 2.45) is 11.8 Å². The van der Waals surface area contributed by atoms with Gasteiger partial charge in [-0.2, -0.15) is 0 Å². The van der Waals surface area contributed by atoms with Crippen LogP contribution in [-0.2, 0) is 0 Å². The highest BCUT2D eigenvalue weighted by molar-refractivity contribution is 6.29. The zero-order valence-corrected chi connectivity index (χ0v) is 10.1. The van der Waals surface area contributed by atoms with Crippen molar-refractivity contribution >= 4 is 17.5 Å². The van der Waals surface area contributed by atoms with E-state index in [1.807, 2.05) is 4.90 Å². The Balaban J connectivity index is 2.14. The SMILES string of the molecule is CC1CN(C(=O)c2cncc(Cl)n2)CC1C. The van der Waals surface area contributed by atoms with E-state index < -0.39 is 0 Å². The van der Waals surface area contributed by atoms with Crippen molar-refractivity contribution in [1.82, 2.24) is 14.9 Å². The van der Waals surface area contributed by atoms with Gasteiger partial charge >= 0.3 is 0 Å². The van der Waals surface area contributed by atoms with Gasteiger partial charge in [0.15, 0.2) is 0 Å². The fourth-order valence-corrected chi connectivity index (χ4v) is 2.05. The van der Waals surface area contributed by atoms with Gasteiger partial charge in [-0.1, -0.05) is 25.4 Å². The third kappa shape index (κ3) is 2.16. The van der Waals surface area contributed by atoms with E-state index in [2.05, 4.69) is 23.8 Å². The van der Waals surface area contributed by atoms with Crippen LogP contribution in [0.2, 0.25) is 5.15 Å². The summed E-state index contributed by atoms with van der Waals surface area (Å²) in [6.45, 7) is 5.88. The lowest BCUT2D eigenvalue weighted by Gasteiger charge is -2.14. The molecule has 1 fully saturated rings. The molecule has 5 heteroatoms. The van der Waals surface area contributed by atoms with Crippen LogP contribution in [0.25, 0.3) is 0 Å². The fourth-order valence-electron chi connectivity index (χ4n) is 1.90. The first-order valence-corrected chi connectivity index (χ1v) is 5.72. The molecule has 1 saturated heterocycles. The van der Waals surface area contributed by atoms with Crippen LogP contribution < -0.4 is 0 Å². The van der Waals surface area contributed by atoms with Crippen LogP contribution in [0.3, 0.4) is 0 Å². The molecule has 1 aliphatic rings. The van der Waals surface area contributed by atoms with Crippen molar-refractivity contribution in [2.75, 3.05) is 13.1 Å². The van der Waals surface area contributed by atoms with Crippen LogP contribution in [0.5, 0.6) is 0 Å². The Morgan fingerprint density at radius 2 is 2.00 bits per heavy atom. The predicted octanol–water partition coefficient (Wildman–Crippen LogP) is 1.86. The number of carbonyl (C=O) groups excluding carboxylic acids is 1. The van der Waals surface area contributed by atoms with Crippen molar-refractivity contribution in [1.29, 1.82) is 0 Å². The van der Waals surface area contributed by atoms with E-state index in [0.29, 0.717) is 17.5 Å². The monoisotopic (exact) mass is 239 g/mol. The van der Waals surface area contributed by atoms with Crippen LogP contribution in [0, 0.1) is 11.8 Å². The third-order valence-corrected chi connectivity index (χ3v) is 3.28. The molecule has 0 aliphatic carbocycles. The molecule has 86 valence electrons.